The number of carbonyl (C=O) groups excluding carboxylic acids is 3. The van der Waals surface area contributed by atoms with Crippen LogP contribution >= 0.6 is 11.6 Å². The van der Waals surface area contributed by atoms with E-state index in [0.717, 1.165) is 5.56 Å². The third-order valence-corrected chi connectivity index (χ3v) is 4.08. The van der Waals surface area contributed by atoms with Crippen LogP contribution in [0.25, 0.3) is 0 Å². The molecule has 3 amide bonds. The van der Waals surface area contributed by atoms with Crippen LogP contribution in [0.1, 0.15) is 36.7 Å². The summed E-state index contributed by atoms with van der Waals surface area (Å²) in [4.78, 5) is 36.0. The summed E-state index contributed by atoms with van der Waals surface area (Å²) in [7, 11) is 0. The summed E-state index contributed by atoms with van der Waals surface area (Å²) < 4.78 is 5.22. The summed E-state index contributed by atoms with van der Waals surface area (Å²) in [5.41, 5.74) is 1.70. The van der Waals surface area contributed by atoms with E-state index in [1.54, 1.807) is 48.5 Å². The van der Waals surface area contributed by atoms with Crippen LogP contribution in [0.4, 0.5) is 10.5 Å². The molecule has 0 unspecified atom stereocenters. The Bertz CT molecular complexity index is 851. The van der Waals surface area contributed by atoms with Crippen LogP contribution in [0.2, 0.25) is 5.02 Å². The van der Waals surface area contributed by atoms with Crippen molar-refractivity contribution in [3.05, 3.63) is 64.7 Å². The second-order valence-corrected chi connectivity index (χ2v) is 7.16. The standard InChI is InChI=1S/C21H24ClN3O4/c1-13(2)24-21(28)23-12-15-4-6-16(7-5-15)20(27)29-14(3)19(26)25-18-10-8-17(22)9-11-18/h4-11,13-14H,12H2,1-3H3,(H,25,26)(H2,23,24,28)/t14-/m1/s1. The van der Waals surface area contributed by atoms with Crippen molar-refractivity contribution in [1.82, 2.24) is 10.6 Å². The van der Waals surface area contributed by atoms with Crippen LogP contribution in [0.3, 0.4) is 0 Å². The maximum Gasteiger partial charge on any atom is 0.338 e. The van der Waals surface area contributed by atoms with E-state index in [1.165, 1.54) is 6.92 Å². The summed E-state index contributed by atoms with van der Waals surface area (Å²) in [5.74, 6) is -1.06. The molecule has 2 aromatic rings. The van der Waals surface area contributed by atoms with E-state index in [9.17, 15) is 14.4 Å². The first-order chi connectivity index (χ1) is 13.7. The van der Waals surface area contributed by atoms with Crippen LogP contribution in [-0.4, -0.2) is 30.1 Å². The molecule has 0 aliphatic carbocycles. The van der Waals surface area contributed by atoms with Crippen LogP contribution in [0.15, 0.2) is 48.5 Å². The van der Waals surface area contributed by atoms with E-state index in [0.29, 0.717) is 22.8 Å². The summed E-state index contributed by atoms with van der Waals surface area (Å²) in [6.07, 6.45) is -0.973. The molecule has 2 rings (SSSR count). The predicted molar refractivity (Wildman–Crippen MR) is 112 cm³/mol. The molecular weight excluding hydrogens is 394 g/mol. The third kappa shape index (κ3) is 7.46. The first kappa shape index (κ1) is 22.2. The van der Waals surface area contributed by atoms with Crippen molar-refractivity contribution >= 4 is 35.2 Å². The molecule has 0 radical (unpaired) electrons. The number of amides is 3. The zero-order valence-electron chi connectivity index (χ0n) is 16.5. The normalized spacial score (nSPS) is 11.5. The number of esters is 1. The Labute approximate surface area is 174 Å². The lowest BCUT2D eigenvalue weighted by Gasteiger charge is -2.14. The molecule has 0 saturated heterocycles. The van der Waals surface area contributed by atoms with E-state index >= 15 is 0 Å². The molecule has 8 heteroatoms. The fourth-order valence-corrected chi connectivity index (χ4v) is 2.44. The van der Waals surface area contributed by atoms with Gasteiger partial charge in [0.05, 0.1) is 5.56 Å². The smallest absolute Gasteiger partial charge is 0.338 e. The fourth-order valence-electron chi connectivity index (χ4n) is 2.31. The monoisotopic (exact) mass is 417 g/mol. The minimum absolute atomic E-state index is 0.0472. The van der Waals surface area contributed by atoms with Crippen LogP contribution in [0, 0.1) is 0 Å². The number of anilines is 1. The number of benzene rings is 2. The molecule has 2 aromatic carbocycles. The van der Waals surface area contributed by atoms with Gasteiger partial charge in [0.15, 0.2) is 6.10 Å². The van der Waals surface area contributed by atoms with Gasteiger partial charge in [-0.3, -0.25) is 4.79 Å². The van der Waals surface area contributed by atoms with E-state index < -0.39 is 18.0 Å². The van der Waals surface area contributed by atoms with E-state index in [2.05, 4.69) is 16.0 Å². The largest absolute Gasteiger partial charge is 0.449 e. The predicted octanol–water partition coefficient (Wildman–Crippen LogP) is 3.73. The quantitative estimate of drug-likeness (QED) is 0.598. The molecule has 3 N–H and O–H groups in total. The van der Waals surface area contributed by atoms with Crippen molar-refractivity contribution in [2.75, 3.05) is 5.32 Å². The van der Waals surface area contributed by atoms with E-state index in [4.69, 9.17) is 16.3 Å². The van der Waals surface area contributed by atoms with Crippen molar-refractivity contribution in [3.63, 3.8) is 0 Å². The minimum atomic E-state index is -0.973. The summed E-state index contributed by atoms with van der Waals surface area (Å²) >= 11 is 5.81. The number of rotatable bonds is 7. The maximum absolute atomic E-state index is 12.3. The van der Waals surface area contributed by atoms with Crippen LogP contribution in [0.5, 0.6) is 0 Å². The Hall–Kier alpha value is -3.06. The van der Waals surface area contributed by atoms with Gasteiger partial charge in [-0.15, -0.1) is 0 Å². The molecule has 0 bridgehead atoms. The lowest BCUT2D eigenvalue weighted by atomic mass is 10.1. The highest BCUT2D eigenvalue weighted by molar-refractivity contribution is 6.30. The molecule has 29 heavy (non-hydrogen) atoms. The zero-order valence-corrected chi connectivity index (χ0v) is 17.2. The highest BCUT2D eigenvalue weighted by atomic mass is 35.5. The molecule has 0 saturated carbocycles. The second-order valence-electron chi connectivity index (χ2n) is 6.72. The van der Waals surface area contributed by atoms with Gasteiger partial charge in [0.25, 0.3) is 5.91 Å². The van der Waals surface area contributed by atoms with Crippen molar-refractivity contribution in [1.29, 1.82) is 0 Å². The van der Waals surface area contributed by atoms with Gasteiger partial charge in [-0.2, -0.15) is 0 Å². The number of halogens is 1. The molecule has 0 fully saturated rings. The van der Waals surface area contributed by atoms with Gasteiger partial charge in [0.1, 0.15) is 0 Å². The summed E-state index contributed by atoms with van der Waals surface area (Å²) in [6, 6.07) is 13.0. The van der Waals surface area contributed by atoms with Gasteiger partial charge in [-0.1, -0.05) is 23.7 Å². The number of ether oxygens (including phenoxy) is 1. The minimum Gasteiger partial charge on any atom is -0.449 e. The highest BCUT2D eigenvalue weighted by Gasteiger charge is 2.19. The number of carbonyl (C=O) groups is 3. The van der Waals surface area contributed by atoms with Crippen molar-refractivity contribution in [3.8, 4) is 0 Å². The molecule has 0 aliphatic rings. The van der Waals surface area contributed by atoms with Crippen molar-refractivity contribution in [2.24, 2.45) is 0 Å². The molecule has 0 aromatic heterocycles. The van der Waals surface area contributed by atoms with Crippen LogP contribution in [-0.2, 0) is 16.1 Å². The Morgan fingerprint density at radius 2 is 1.59 bits per heavy atom. The van der Waals surface area contributed by atoms with Gasteiger partial charge in [0, 0.05) is 23.3 Å². The Morgan fingerprint density at radius 1 is 0.966 bits per heavy atom. The zero-order chi connectivity index (χ0) is 21.4. The first-order valence-corrected chi connectivity index (χ1v) is 9.53. The average molecular weight is 418 g/mol. The fraction of sp³-hybridized carbons (Fsp3) is 0.286. The van der Waals surface area contributed by atoms with Crippen molar-refractivity contribution in [2.45, 2.75) is 39.5 Å². The maximum atomic E-state index is 12.3. The van der Waals surface area contributed by atoms with Gasteiger partial charge < -0.3 is 20.7 Å². The van der Waals surface area contributed by atoms with Gasteiger partial charge in [0.2, 0.25) is 0 Å². The molecule has 0 heterocycles. The second kappa shape index (κ2) is 10.5. The molecule has 7 nitrogen and oxygen atoms in total. The Balaban J connectivity index is 1.85. The SMILES string of the molecule is CC(C)NC(=O)NCc1ccc(C(=O)O[C@H](C)C(=O)Nc2ccc(Cl)cc2)cc1. The molecule has 154 valence electrons. The highest BCUT2D eigenvalue weighted by Crippen LogP contribution is 2.14. The molecule has 0 aliphatic heterocycles. The lowest BCUT2D eigenvalue weighted by Crippen LogP contribution is -2.39. The molecule has 1 atom stereocenters. The topological polar surface area (TPSA) is 96.5 Å². The number of nitrogens with one attached hydrogen (secondary N) is 3. The number of hydrogen-bond donors (Lipinski definition) is 3. The Morgan fingerprint density at radius 3 is 2.17 bits per heavy atom. The van der Waals surface area contributed by atoms with Gasteiger partial charge in [-0.05, 0) is 62.7 Å². The third-order valence-electron chi connectivity index (χ3n) is 3.83. The lowest BCUT2D eigenvalue weighted by molar-refractivity contribution is -0.123. The van der Waals surface area contributed by atoms with E-state index in [-0.39, 0.29) is 12.1 Å². The average Bonchev–Trinajstić information content (AvgIpc) is 2.68. The number of urea groups is 1. The summed E-state index contributed by atoms with van der Waals surface area (Å²) in [6.45, 7) is 5.57. The first-order valence-electron chi connectivity index (χ1n) is 9.15. The van der Waals surface area contributed by atoms with Crippen LogP contribution < -0.4 is 16.0 Å². The Kier molecular flexibility index (Phi) is 8.03. The van der Waals surface area contributed by atoms with Crippen molar-refractivity contribution < 1.29 is 19.1 Å². The summed E-state index contributed by atoms with van der Waals surface area (Å²) in [5, 5.41) is 8.66. The number of hydrogen-bond acceptors (Lipinski definition) is 4. The van der Waals surface area contributed by atoms with Gasteiger partial charge in [-0.25, -0.2) is 9.59 Å². The van der Waals surface area contributed by atoms with E-state index in [1.807, 2.05) is 13.8 Å². The molecule has 0 spiro atoms. The van der Waals surface area contributed by atoms with Gasteiger partial charge >= 0.3 is 12.0 Å². The molecular formula is C21H24ClN3O4.